The normalized spacial score (nSPS) is 20.5. The Morgan fingerprint density at radius 2 is 1.74 bits per heavy atom. The Labute approximate surface area is 256 Å². The van der Waals surface area contributed by atoms with Crippen LogP contribution in [0.2, 0.25) is 10.0 Å². The Balaban J connectivity index is 1.85. The van der Waals surface area contributed by atoms with Crippen LogP contribution in [-0.4, -0.2) is 30.9 Å². The number of nitrogens with zero attached hydrogens (tertiary/aromatic N) is 1. The predicted molar refractivity (Wildman–Crippen MR) is 160 cm³/mol. The smallest absolute Gasteiger partial charge is 0.338 e. The fraction of sp³-hybridized carbons (Fsp3) is 0.258. The SMILES string of the molecule is CCOC(=O)C1=C(N)N(c2cc(Cl)cc(Cl)c2)C2=C(C(=O)[C@H](C(=O)OCC)[C@H](c3cccs3)C2)[C@@H]1c1ccccc1F. The first-order valence-electron chi connectivity index (χ1n) is 13.3. The second-order valence-electron chi connectivity index (χ2n) is 9.72. The molecule has 0 amide bonds. The van der Waals surface area contributed by atoms with Crippen LogP contribution in [0.3, 0.4) is 0 Å². The van der Waals surface area contributed by atoms with Crippen LogP contribution in [-0.2, 0) is 23.9 Å². The fourth-order valence-corrected chi connectivity index (χ4v) is 7.07. The summed E-state index contributed by atoms with van der Waals surface area (Å²) in [4.78, 5) is 44.0. The second kappa shape index (κ2) is 12.3. The molecule has 3 aromatic rings. The lowest BCUT2D eigenvalue weighted by molar-refractivity contribution is -0.152. The minimum Gasteiger partial charge on any atom is -0.465 e. The van der Waals surface area contributed by atoms with Crippen molar-refractivity contribution in [2.45, 2.75) is 32.1 Å². The van der Waals surface area contributed by atoms with Crippen LogP contribution in [0.1, 0.15) is 42.5 Å². The number of ether oxygens (including phenoxy) is 2. The van der Waals surface area contributed by atoms with Crippen molar-refractivity contribution in [3.63, 3.8) is 0 Å². The van der Waals surface area contributed by atoms with E-state index in [1.165, 1.54) is 40.5 Å². The van der Waals surface area contributed by atoms with Gasteiger partial charge in [-0.05, 0) is 56.0 Å². The van der Waals surface area contributed by atoms with Gasteiger partial charge in [-0.15, -0.1) is 11.3 Å². The molecular formula is C31H27Cl2FN2O5S. The number of carbonyl (C=O) groups excluding carboxylic acids is 3. The van der Waals surface area contributed by atoms with Crippen LogP contribution >= 0.6 is 34.5 Å². The van der Waals surface area contributed by atoms with Crippen LogP contribution < -0.4 is 10.6 Å². The molecule has 2 N–H and O–H groups in total. The van der Waals surface area contributed by atoms with E-state index in [1.54, 1.807) is 32.0 Å². The average molecular weight is 630 g/mol. The van der Waals surface area contributed by atoms with Gasteiger partial charge >= 0.3 is 11.9 Å². The largest absolute Gasteiger partial charge is 0.465 e. The van der Waals surface area contributed by atoms with E-state index in [1.807, 2.05) is 17.5 Å². The van der Waals surface area contributed by atoms with Crippen LogP contribution in [0, 0.1) is 11.7 Å². The Bertz CT molecular complexity index is 1600. The first-order valence-corrected chi connectivity index (χ1v) is 15.0. The zero-order valence-electron chi connectivity index (χ0n) is 22.7. The van der Waals surface area contributed by atoms with Crippen molar-refractivity contribution >= 4 is 57.9 Å². The third-order valence-electron chi connectivity index (χ3n) is 7.30. The van der Waals surface area contributed by atoms with Crippen molar-refractivity contribution in [3.8, 4) is 0 Å². The summed E-state index contributed by atoms with van der Waals surface area (Å²) in [7, 11) is 0. The van der Waals surface area contributed by atoms with Gasteiger partial charge in [0, 0.05) is 37.7 Å². The highest BCUT2D eigenvalue weighted by Crippen LogP contribution is 2.52. The van der Waals surface area contributed by atoms with E-state index in [0.717, 1.165) is 4.88 Å². The van der Waals surface area contributed by atoms with Crippen molar-refractivity contribution in [1.82, 2.24) is 0 Å². The average Bonchev–Trinajstić information content (AvgIpc) is 3.47. The number of thiophene rings is 1. The molecule has 42 heavy (non-hydrogen) atoms. The summed E-state index contributed by atoms with van der Waals surface area (Å²) < 4.78 is 26.3. The number of benzene rings is 2. The number of halogens is 3. The third kappa shape index (κ3) is 5.32. The molecule has 0 bridgehead atoms. The molecule has 0 saturated heterocycles. The molecule has 2 heterocycles. The molecule has 1 aromatic heterocycles. The highest BCUT2D eigenvalue weighted by atomic mass is 35.5. The van der Waals surface area contributed by atoms with Crippen molar-refractivity contribution in [2.75, 3.05) is 18.1 Å². The first kappa shape index (κ1) is 29.8. The first-order chi connectivity index (χ1) is 20.2. The molecule has 11 heteroatoms. The standard InChI is InChI=1S/C31H27Cl2FN2O5S/c1-3-40-30(38)25-20(23-10-7-11-42-23)15-22-26(28(25)37)24(19-8-5-6-9-21(19)34)27(31(39)41-4-2)29(35)36(22)18-13-16(32)12-17(33)14-18/h5-14,20,24-25H,3-4,15,35H2,1-2H3/t20-,24-,25+/m0/s1. The quantitative estimate of drug-likeness (QED) is 0.229. The number of carbonyl (C=O) groups is 3. The lowest BCUT2D eigenvalue weighted by Crippen LogP contribution is -2.46. The summed E-state index contributed by atoms with van der Waals surface area (Å²) >= 11 is 14.1. The van der Waals surface area contributed by atoms with Crippen LogP contribution in [0.4, 0.5) is 10.1 Å². The summed E-state index contributed by atoms with van der Waals surface area (Å²) in [5, 5.41) is 2.45. The van der Waals surface area contributed by atoms with Gasteiger partial charge in [-0.2, -0.15) is 0 Å². The Morgan fingerprint density at radius 3 is 2.36 bits per heavy atom. The highest BCUT2D eigenvalue weighted by molar-refractivity contribution is 7.10. The van der Waals surface area contributed by atoms with Gasteiger partial charge in [0.05, 0.1) is 30.4 Å². The molecule has 0 saturated carbocycles. The van der Waals surface area contributed by atoms with Gasteiger partial charge in [-0.3, -0.25) is 14.5 Å². The van der Waals surface area contributed by atoms with E-state index in [9.17, 15) is 14.4 Å². The van der Waals surface area contributed by atoms with Gasteiger partial charge in [-0.25, -0.2) is 9.18 Å². The topological polar surface area (TPSA) is 98.9 Å². The molecule has 7 nitrogen and oxygen atoms in total. The molecule has 3 atom stereocenters. The van der Waals surface area contributed by atoms with Gasteiger partial charge in [0.1, 0.15) is 17.6 Å². The molecule has 0 spiro atoms. The van der Waals surface area contributed by atoms with Gasteiger partial charge < -0.3 is 15.2 Å². The molecular weight excluding hydrogens is 602 g/mol. The van der Waals surface area contributed by atoms with E-state index in [-0.39, 0.29) is 42.2 Å². The van der Waals surface area contributed by atoms with Gasteiger partial charge in [-0.1, -0.05) is 47.5 Å². The number of esters is 2. The monoisotopic (exact) mass is 628 g/mol. The van der Waals surface area contributed by atoms with E-state index < -0.39 is 41.3 Å². The number of ketones is 1. The van der Waals surface area contributed by atoms with E-state index in [0.29, 0.717) is 21.4 Å². The molecule has 218 valence electrons. The van der Waals surface area contributed by atoms with Crippen LogP contribution in [0.5, 0.6) is 0 Å². The minimum atomic E-state index is -1.25. The Hall–Kier alpha value is -3.66. The Morgan fingerprint density at radius 1 is 1.05 bits per heavy atom. The molecule has 0 radical (unpaired) electrons. The highest BCUT2D eigenvalue weighted by Gasteiger charge is 2.52. The number of Topliss-reactive ketones (excluding diaryl/α,β-unsaturated/α-hetero) is 1. The summed E-state index contributed by atoms with van der Waals surface area (Å²) in [6, 6.07) is 14.2. The van der Waals surface area contributed by atoms with Gasteiger partial charge in [0.25, 0.3) is 0 Å². The molecule has 1 aliphatic heterocycles. The van der Waals surface area contributed by atoms with Crippen molar-refractivity contribution in [2.24, 2.45) is 11.7 Å². The van der Waals surface area contributed by atoms with Crippen molar-refractivity contribution in [3.05, 3.63) is 109 Å². The fourth-order valence-electron chi connectivity index (χ4n) is 5.69. The number of anilines is 1. The second-order valence-corrected chi connectivity index (χ2v) is 11.6. The number of hydrogen-bond donors (Lipinski definition) is 1. The van der Waals surface area contributed by atoms with E-state index in [4.69, 9.17) is 38.4 Å². The summed E-state index contributed by atoms with van der Waals surface area (Å²) in [5.41, 5.74) is 7.54. The van der Waals surface area contributed by atoms with Gasteiger partial charge in [0.15, 0.2) is 5.78 Å². The lowest BCUT2D eigenvalue weighted by atomic mass is 9.68. The molecule has 0 fully saturated rings. The van der Waals surface area contributed by atoms with Crippen molar-refractivity contribution < 1.29 is 28.2 Å². The van der Waals surface area contributed by atoms with E-state index in [2.05, 4.69) is 0 Å². The number of rotatable bonds is 7. The maximum atomic E-state index is 15.5. The van der Waals surface area contributed by atoms with Crippen molar-refractivity contribution in [1.29, 1.82) is 0 Å². The number of allylic oxidation sites excluding steroid dienone is 2. The van der Waals surface area contributed by atoms with E-state index >= 15 is 4.39 Å². The third-order valence-corrected chi connectivity index (χ3v) is 8.75. The number of hydrogen-bond acceptors (Lipinski definition) is 8. The summed E-state index contributed by atoms with van der Waals surface area (Å²) in [6.45, 7) is 3.36. The minimum absolute atomic E-state index is 0.00829. The maximum absolute atomic E-state index is 15.5. The molecule has 5 rings (SSSR count). The zero-order chi connectivity index (χ0) is 30.1. The Kier molecular flexibility index (Phi) is 8.73. The maximum Gasteiger partial charge on any atom is 0.338 e. The zero-order valence-corrected chi connectivity index (χ0v) is 25.1. The molecule has 0 unspecified atom stereocenters. The number of nitrogens with two attached hydrogens (primary N) is 1. The summed E-state index contributed by atoms with van der Waals surface area (Å²) in [6.07, 6.45) is 0.150. The predicted octanol–water partition coefficient (Wildman–Crippen LogP) is 6.72. The molecule has 1 aliphatic carbocycles. The summed E-state index contributed by atoms with van der Waals surface area (Å²) in [5.74, 6) is -5.91. The molecule has 2 aromatic carbocycles. The lowest BCUT2D eigenvalue weighted by Gasteiger charge is -2.44. The van der Waals surface area contributed by atoms with Crippen LogP contribution in [0.25, 0.3) is 0 Å². The van der Waals surface area contributed by atoms with Gasteiger partial charge in [0.2, 0.25) is 0 Å². The van der Waals surface area contributed by atoms with Crippen LogP contribution in [0.15, 0.2) is 82.6 Å². The molecule has 2 aliphatic rings.